The molecule has 190 valence electrons. The van der Waals surface area contributed by atoms with Crippen molar-refractivity contribution in [3.63, 3.8) is 0 Å². The lowest BCUT2D eigenvalue weighted by Gasteiger charge is -2.18. The number of nitrogens with zero attached hydrogens (tertiary/aromatic N) is 5. The van der Waals surface area contributed by atoms with Crippen LogP contribution in [0.4, 0.5) is 15.9 Å². The Kier molecular flexibility index (Phi) is 6.44. The van der Waals surface area contributed by atoms with E-state index in [-0.39, 0.29) is 12.3 Å². The molecule has 0 bridgehead atoms. The molecule has 0 spiro atoms. The number of anilines is 2. The molecule has 5 rings (SSSR count). The van der Waals surface area contributed by atoms with E-state index in [4.69, 9.17) is 8.92 Å². The smallest absolute Gasteiger partial charge is 0.264 e. The van der Waals surface area contributed by atoms with E-state index in [0.717, 1.165) is 17.4 Å². The lowest BCUT2D eigenvalue weighted by Crippen LogP contribution is -2.21. The fourth-order valence-corrected chi connectivity index (χ4v) is 4.33. The lowest BCUT2D eigenvalue weighted by molar-refractivity contribution is 0.149. The van der Waals surface area contributed by atoms with Crippen molar-refractivity contribution in [3.05, 3.63) is 67.1 Å². The standard InChI is InChI=1S/C25H23FN6O4S/c1-15(13-35-37(3,33)34)36-22-10-16(17-11-30-32(2)12-17)9-21-23(22)25(29-14-28-21)31-20-7-6-19-18(24(20)26)5-4-8-27-19/h4-12,14-15H,13H2,1-3H3,(H,28,29,31)/t15-/m1/s1. The quantitative estimate of drug-likeness (QED) is 0.299. The monoisotopic (exact) mass is 522 g/mol. The maximum absolute atomic E-state index is 15.3. The van der Waals surface area contributed by atoms with E-state index in [1.165, 1.54) is 6.33 Å². The van der Waals surface area contributed by atoms with Gasteiger partial charge in [-0.2, -0.15) is 13.5 Å². The fourth-order valence-electron chi connectivity index (χ4n) is 3.89. The van der Waals surface area contributed by atoms with Crippen LogP contribution in [0.1, 0.15) is 6.92 Å². The number of ether oxygens (including phenoxy) is 1. The molecule has 0 fully saturated rings. The second-order valence-corrected chi connectivity index (χ2v) is 10.2. The number of fused-ring (bicyclic) bond motifs is 2. The Bertz CT molecular complexity index is 1720. The molecule has 5 aromatic rings. The number of pyridine rings is 1. The van der Waals surface area contributed by atoms with Gasteiger partial charge in [-0.1, -0.05) is 0 Å². The molecule has 12 heteroatoms. The molecule has 10 nitrogen and oxygen atoms in total. The first-order chi connectivity index (χ1) is 17.7. The molecule has 0 aliphatic carbocycles. The SMILES string of the molecule is C[C@H](COS(C)(=O)=O)Oc1cc(-c2cnn(C)c2)cc2ncnc(Nc3ccc4ncccc4c3F)c12. The van der Waals surface area contributed by atoms with E-state index in [1.807, 2.05) is 19.3 Å². The van der Waals surface area contributed by atoms with Crippen molar-refractivity contribution in [2.45, 2.75) is 13.0 Å². The number of hydrogen-bond acceptors (Lipinski definition) is 9. The summed E-state index contributed by atoms with van der Waals surface area (Å²) in [6.45, 7) is 1.49. The van der Waals surface area contributed by atoms with Gasteiger partial charge in [-0.15, -0.1) is 0 Å². The van der Waals surface area contributed by atoms with Crippen LogP contribution in [0.3, 0.4) is 0 Å². The maximum atomic E-state index is 15.3. The number of benzene rings is 2. The summed E-state index contributed by atoms with van der Waals surface area (Å²) in [5, 5.41) is 8.15. The van der Waals surface area contributed by atoms with Crippen LogP contribution in [0.5, 0.6) is 5.75 Å². The summed E-state index contributed by atoms with van der Waals surface area (Å²) in [6, 6.07) is 10.3. The van der Waals surface area contributed by atoms with E-state index < -0.39 is 22.0 Å². The van der Waals surface area contributed by atoms with Gasteiger partial charge in [0.15, 0.2) is 5.82 Å². The van der Waals surface area contributed by atoms with Crippen LogP contribution in [-0.4, -0.2) is 52.1 Å². The highest BCUT2D eigenvalue weighted by atomic mass is 32.2. The summed E-state index contributed by atoms with van der Waals surface area (Å²) in [6.07, 6.45) is 6.86. The van der Waals surface area contributed by atoms with Gasteiger partial charge < -0.3 is 10.1 Å². The van der Waals surface area contributed by atoms with Gasteiger partial charge in [-0.25, -0.2) is 14.4 Å². The van der Waals surface area contributed by atoms with Gasteiger partial charge in [0.05, 0.1) is 34.6 Å². The molecule has 0 radical (unpaired) electrons. The zero-order valence-electron chi connectivity index (χ0n) is 20.2. The summed E-state index contributed by atoms with van der Waals surface area (Å²) >= 11 is 0. The van der Waals surface area contributed by atoms with Crippen LogP contribution in [0.25, 0.3) is 32.9 Å². The van der Waals surface area contributed by atoms with Crippen molar-refractivity contribution >= 4 is 43.4 Å². The molecule has 1 N–H and O–H groups in total. The maximum Gasteiger partial charge on any atom is 0.264 e. The first kappa shape index (κ1) is 24.5. The summed E-state index contributed by atoms with van der Waals surface area (Å²) in [5.41, 5.74) is 2.88. The predicted octanol–water partition coefficient (Wildman–Crippen LogP) is 4.20. The lowest BCUT2D eigenvalue weighted by atomic mass is 10.1. The van der Waals surface area contributed by atoms with Crippen LogP contribution >= 0.6 is 0 Å². The van der Waals surface area contributed by atoms with Crippen LogP contribution < -0.4 is 10.1 Å². The molecular weight excluding hydrogens is 499 g/mol. The normalized spacial score (nSPS) is 12.6. The first-order valence-electron chi connectivity index (χ1n) is 11.3. The molecule has 0 amide bonds. The summed E-state index contributed by atoms with van der Waals surface area (Å²) in [4.78, 5) is 13.0. The molecule has 2 aromatic carbocycles. The van der Waals surface area contributed by atoms with E-state index in [0.29, 0.717) is 33.4 Å². The molecular formula is C25H23FN6O4S. The average Bonchev–Trinajstić information content (AvgIpc) is 3.30. The minimum atomic E-state index is -3.65. The van der Waals surface area contributed by atoms with E-state index >= 15 is 4.39 Å². The van der Waals surface area contributed by atoms with Gasteiger partial charge in [-0.3, -0.25) is 13.8 Å². The zero-order chi connectivity index (χ0) is 26.2. The van der Waals surface area contributed by atoms with Gasteiger partial charge in [0.1, 0.15) is 30.6 Å². The molecule has 3 heterocycles. The average molecular weight is 523 g/mol. The van der Waals surface area contributed by atoms with Crippen LogP contribution in [0.15, 0.2) is 61.3 Å². The number of nitrogens with one attached hydrogen (secondary N) is 1. The van der Waals surface area contributed by atoms with E-state index in [2.05, 4.69) is 25.4 Å². The van der Waals surface area contributed by atoms with E-state index in [9.17, 15) is 8.42 Å². The highest BCUT2D eigenvalue weighted by molar-refractivity contribution is 7.85. The summed E-state index contributed by atoms with van der Waals surface area (Å²) in [7, 11) is -1.84. The highest BCUT2D eigenvalue weighted by Crippen LogP contribution is 2.37. The molecule has 0 aliphatic rings. The summed E-state index contributed by atoms with van der Waals surface area (Å²) in [5.74, 6) is 0.213. The van der Waals surface area contributed by atoms with Crippen molar-refractivity contribution in [1.29, 1.82) is 0 Å². The van der Waals surface area contributed by atoms with Crippen molar-refractivity contribution in [1.82, 2.24) is 24.7 Å². The van der Waals surface area contributed by atoms with Crippen LogP contribution in [-0.2, 0) is 21.3 Å². The number of hydrogen-bond donors (Lipinski definition) is 1. The molecule has 0 saturated carbocycles. The Morgan fingerprint density at radius 2 is 1.95 bits per heavy atom. The molecule has 37 heavy (non-hydrogen) atoms. The van der Waals surface area contributed by atoms with Gasteiger partial charge in [0.25, 0.3) is 10.1 Å². The third kappa shape index (κ3) is 5.34. The minimum Gasteiger partial charge on any atom is -0.487 e. The molecule has 0 aliphatic heterocycles. The van der Waals surface area contributed by atoms with Crippen molar-refractivity contribution in [3.8, 4) is 16.9 Å². The fraction of sp³-hybridized carbons (Fsp3) is 0.200. The second kappa shape index (κ2) is 9.71. The van der Waals surface area contributed by atoms with Crippen molar-refractivity contribution in [2.24, 2.45) is 7.05 Å². The Morgan fingerprint density at radius 1 is 1.11 bits per heavy atom. The Morgan fingerprint density at radius 3 is 2.70 bits per heavy atom. The number of halogens is 1. The number of rotatable bonds is 8. The van der Waals surface area contributed by atoms with Crippen LogP contribution in [0, 0.1) is 5.82 Å². The predicted molar refractivity (Wildman–Crippen MR) is 138 cm³/mol. The second-order valence-electron chi connectivity index (χ2n) is 8.53. The Hall–Kier alpha value is -4.16. The molecule has 1 atom stereocenters. The third-order valence-electron chi connectivity index (χ3n) is 5.56. The van der Waals surface area contributed by atoms with Crippen molar-refractivity contribution in [2.75, 3.05) is 18.2 Å². The Labute approximate surface area is 212 Å². The molecule has 0 saturated heterocycles. The number of aromatic nitrogens is 5. The molecule has 3 aromatic heterocycles. The first-order valence-corrected chi connectivity index (χ1v) is 13.1. The topological polar surface area (TPSA) is 121 Å². The van der Waals surface area contributed by atoms with Gasteiger partial charge >= 0.3 is 0 Å². The largest absolute Gasteiger partial charge is 0.487 e. The third-order valence-corrected chi connectivity index (χ3v) is 6.12. The Balaban J connectivity index is 1.60. The highest BCUT2D eigenvalue weighted by Gasteiger charge is 2.19. The van der Waals surface area contributed by atoms with Gasteiger partial charge in [0.2, 0.25) is 0 Å². The van der Waals surface area contributed by atoms with Crippen LogP contribution in [0.2, 0.25) is 0 Å². The summed E-state index contributed by atoms with van der Waals surface area (Å²) < 4.78 is 51.0. The number of aryl methyl sites for hydroxylation is 1. The van der Waals surface area contributed by atoms with Crippen molar-refractivity contribution < 1.29 is 21.7 Å². The van der Waals surface area contributed by atoms with E-state index in [1.54, 1.807) is 54.3 Å². The molecule has 0 unspecified atom stereocenters. The van der Waals surface area contributed by atoms with Gasteiger partial charge in [0, 0.05) is 30.4 Å². The zero-order valence-corrected chi connectivity index (χ0v) is 21.0. The van der Waals surface area contributed by atoms with Gasteiger partial charge in [-0.05, 0) is 48.9 Å². The minimum absolute atomic E-state index is 0.194.